The lowest BCUT2D eigenvalue weighted by Gasteiger charge is -2.09. The smallest absolute Gasteiger partial charge is 0.134 e. The maximum Gasteiger partial charge on any atom is 0.134 e. The Balaban J connectivity index is 2.15. The lowest BCUT2D eigenvalue weighted by atomic mass is 10.0. The molecule has 0 aliphatic carbocycles. The van der Waals surface area contributed by atoms with Gasteiger partial charge in [0.15, 0.2) is 0 Å². The van der Waals surface area contributed by atoms with Crippen LogP contribution in [0, 0.1) is 20.8 Å². The van der Waals surface area contributed by atoms with Crippen molar-refractivity contribution < 1.29 is 4.42 Å². The SMILES string of the molecule is Cc1ccc2oc(C(N)c3sccc3C)c(C)c2c1. The highest BCUT2D eigenvalue weighted by Crippen LogP contribution is 2.34. The van der Waals surface area contributed by atoms with Crippen molar-refractivity contribution in [1.29, 1.82) is 0 Å². The number of benzene rings is 1. The van der Waals surface area contributed by atoms with Gasteiger partial charge in [0.05, 0.1) is 6.04 Å². The van der Waals surface area contributed by atoms with Gasteiger partial charge in [-0.25, -0.2) is 0 Å². The number of furan rings is 1. The molecule has 0 spiro atoms. The molecule has 0 fully saturated rings. The maximum absolute atomic E-state index is 6.38. The summed E-state index contributed by atoms with van der Waals surface area (Å²) in [6.45, 7) is 6.27. The lowest BCUT2D eigenvalue weighted by molar-refractivity contribution is 0.523. The number of hydrogen-bond acceptors (Lipinski definition) is 3. The number of thiophene rings is 1. The summed E-state index contributed by atoms with van der Waals surface area (Å²) < 4.78 is 5.98. The molecule has 98 valence electrons. The summed E-state index contributed by atoms with van der Waals surface area (Å²) in [5.74, 6) is 0.881. The molecular weight excluding hydrogens is 254 g/mol. The van der Waals surface area contributed by atoms with Gasteiger partial charge >= 0.3 is 0 Å². The molecule has 1 atom stereocenters. The summed E-state index contributed by atoms with van der Waals surface area (Å²) in [6.07, 6.45) is 0. The van der Waals surface area contributed by atoms with Gasteiger partial charge in [0.1, 0.15) is 11.3 Å². The van der Waals surface area contributed by atoms with E-state index in [1.165, 1.54) is 21.4 Å². The van der Waals surface area contributed by atoms with Gasteiger partial charge in [-0.3, -0.25) is 0 Å². The first-order valence-electron chi connectivity index (χ1n) is 6.37. The molecular formula is C16H17NOS. The van der Waals surface area contributed by atoms with Crippen LogP contribution in [-0.2, 0) is 0 Å². The molecule has 3 rings (SSSR count). The monoisotopic (exact) mass is 271 g/mol. The van der Waals surface area contributed by atoms with Gasteiger partial charge in [-0.1, -0.05) is 11.6 Å². The van der Waals surface area contributed by atoms with Gasteiger partial charge in [-0.2, -0.15) is 0 Å². The molecule has 2 heterocycles. The molecule has 0 aliphatic heterocycles. The molecule has 0 amide bonds. The highest BCUT2D eigenvalue weighted by atomic mass is 32.1. The number of aryl methyl sites for hydroxylation is 3. The minimum atomic E-state index is -0.173. The van der Waals surface area contributed by atoms with Gasteiger partial charge in [-0.15, -0.1) is 11.3 Å². The molecule has 19 heavy (non-hydrogen) atoms. The summed E-state index contributed by atoms with van der Waals surface area (Å²) in [5.41, 5.74) is 10.9. The molecule has 2 N–H and O–H groups in total. The van der Waals surface area contributed by atoms with Crippen LogP contribution in [0.1, 0.15) is 33.4 Å². The van der Waals surface area contributed by atoms with Crippen molar-refractivity contribution in [2.24, 2.45) is 5.73 Å². The molecule has 1 unspecified atom stereocenters. The first-order chi connectivity index (χ1) is 9.08. The van der Waals surface area contributed by atoms with Gasteiger partial charge < -0.3 is 10.2 Å². The predicted octanol–water partition coefficient (Wildman–Crippen LogP) is 4.47. The highest BCUT2D eigenvalue weighted by molar-refractivity contribution is 7.10. The first-order valence-corrected chi connectivity index (χ1v) is 7.25. The Hall–Kier alpha value is -1.58. The molecule has 0 bridgehead atoms. The minimum absolute atomic E-state index is 0.173. The number of fused-ring (bicyclic) bond motifs is 1. The Labute approximate surface area is 116 Å². The van der Waals surface area contributed by atoms with Crippen LogP contribution >= 0.6 is 11.3 Å². The second-order valence-corrected chi connectivity index (χ2v) is 5.98. The second kappa shape index (κ2) is 4.51. The van der Waals surface area contributed by atoms with Crippen molar-refractivity contribution in [2.75, 3.05) is 0 Å². The molecule has 0 saturated carbocycles. The van der Waals surface area contributed by atoms with E-state index in [9.17, 15) is 0 Å². The zero-order valence-electron chi connectivity index (χ0n) is 11.4. The van der Waals surface area contributed by atoms with Crippen molar-refractivity contribution in [2.45, 2.75) is 26.8 Å². The molecule has 3 heteroatoms. The van der Waals surface area contributed by atoms with E-state index in [1.807, 2.05) is 6.07 Å². The van der Waals surface area contributed by atoms with E-state index < -0.39 is 0 Å². The van der Waals surface area contributed by atoms with Crippen molar-refractivity contribution >= 4 is 22.3 Å². The lowest BCUT2D eigenvalue weighted by Crippen LogP contribution is -2.11. The second-order valence-electron chi connectivity index (χ2n) is 5.04. The molecule has 0 saturated heterocycles. The van der Waals surface area contributed by atoms with Gasteiger partial charge in [0.25, 0.3) is 0 Å². The largest absolute Gasteiger partial charge is 0.459 e. The highest BCUT2D eigenvalue weighted by Gasteiger charge is 2.20. The summed E-state index contributed by atoms with van der Waals surface area (Å²) in [5, 5.41) is 3.24. The van der Waals surface area contributed by atoms with E-state index in [4.69, 9.17) is 10.2 Å². The fourth-order valence-corrected chi connectivity index (χ4v) is 3.40. The van der Waals surface area contributed by atoms with Crippen LogP contribution in [0.15, 0.2) is 34.1 Å². The summed E-state index contributed by atoms with van der Waals surface area (Å²) in [4.78, 5) is 1.18. The van der Waals surface area contributed by atoms with E-state index in [0.717, 1.165) is 16.9 Å². The van der Waals surface area contributed by atoms with E-state index in [1.54, 1.807) is 11.3 Å². The first kappa shape index (κ1) is 12.5. The third-order valence-corrected chi connectivity index (χ3v) is 4.70. The third kappa shape index (κ3) is 1.99. The molecule has 0 radical (unpaired) electrons. The van der Waals surface area contributed by atoms with Crippen LogP contribution in [0.4, 0.5) is 0 Å². The number of hydrogen-bond donors (Lipinski definition) is 1. The quantitative estimate of drug-likeness (QED) is 0.747. The average molecular weight is 271 g/mol. The van der Waals surface area contributed by atoms with E-state index >= 15 is 0 Å². The van der Waals surface area contributed by atoms with Crippen molar-refractivity contribution in [3.63, 3.8) is 0 Å². The Bertz CT molecular complexity index is 738. The van der Waals surface area contributed by atoms with E-state index in [-0.39, 0.29) is 6.04 Å². The molecule has 2 nitrogen and oxygen atoms in total. The zero-order valence-corrected chi connectivity index (χ0v) is 12.2. The van der Waals surface area contributed by atoms with E-state index in [2.05, 4.69) is 44.4 Å². The number of rotatable bonds is 2. The molecule has 1 aromatic carbocycles. The van der Waals surface area contributed by atoms with Crippen LogP contribution in [0.2, 0.25) is 0 Å². The standard InChI is InChI=1S/C16H17NOS/c1-9-4-5-13-12(8-9)11(3)15(18-13)14(17)16-10(2)6-7-19-16/h4-8,14H,17H2,1-3H3. The predicted molar refractivity (Wildman–Crippen MR) is 80.8 cm³/mol. The van der Waals surface area contributed by atoms with Crippen LogP contribution in [0.3, 0.4) is 0 Å². The van der Waals surface area contributed by atoms with Crippen molar-refractivity contribution in [3.8, 4) is 0 Å². The van der Waals surface area contributed by atoms with Gasteiger partial charge in [0.2, 0.25) is 0 Å². The normalized spacial score (nSPS) is 13.1. The fraction of sp³-hybridized carbons (Fsp3) is 0.250. The average Bonchev–Trinajstić information content (AvgIpc) is 2.94. The van der Waals surface area contributed by atoms with E-state index in [0.29, 0.717) is 0 Å². The molecule has 2 aromatic heterocycles. The van der Waals surface area contributed by atoms with Gasteiger partial charge in [0, 0.05) is 15.8 Å². The fourth-order valence-electron chi connectivity index (χ4n) is 2.47. The van der Waals surface area contributed by atoms with Crippen LogP contribution < -0.4 is 5.73 Å². The molecule has 0 aliphatic rings. The Morgan fingerprint density at radius 1 is 1.16 bits per heavy atom. The number of nitrogens with two attached hydrogens (primary N) is 1. The maximum atomic E-state index is 6.38. The summed E-state index contributed by atoms with van der Waals surface area (Å²) in [7, 11) is 0. The van der Waals surface area contributed by atoms with Crippen molar-refractivity contribution in [3.05, 3.63) is 57.0 Å². The van der Waals surface area contributed by atoms with Crippen LogP contribution in [0.25, 0.3) is 11.0 Å². The Morgan fingerprint density at radius 3 is 2.63 bits per heavy atom. The topological polar surface area (TPSA) is 39.2 Å². The third-order valence-electron chi connectivity index (χ3n) is 3.60. The van der Waals surface area contributed by atoms with Crippen molar-refractivity contribution in [1.82, 2.24) is 0 Å². The minimum Gasteiger partial charge on any atom is -0.459 e. The van der Waals surface area contributed by atoms with Crippen LogP contribution in [-0.4, -0.2) is 0 Å². The Kier molecular flexibility index (Phi) is 2.96. The van der Waals surface area contributed by atoms with Crippen LogP contribution in [0.5, 0.6) is 0 Å². The summed E-state index contributed by atoms with van der Waals surface area (Å²) in [6, 6.07) is 8.17. The van der Waals surface area contributed by atoms with Gasteiger partial charge in [-0.05, 0) is 49.9 Å². The zero-order chi connectivity index (χ0) is 13.6. The molecule has 3 aromatic rings. The summed E-state index contributed by atoms with van der Waals surface area (Å²) >= 11 is 1.69. The Morgan fingerprint density at radius 2 is 1.95 bits per heavy atom.